The van der Waals surface area contributed by atoms with Crippen molar-refractivity contribution in [3.8, 4) is 0 Å². The van der Waals surface area contributed by atoms with E-state index in [4.69, 9.17) is 0 Å². The minimum Gasteiger partial charge on any atom is -0.334 e. The van der Waals surface area contributed by atoms with E-state index in [2.05, 4.69) is 0 Å². The van der Waals surface area contributed by atoms with Crippen molar-refractivity contribution in [2.24, 2.45) is 5.92 Å². The Hall–Kier alpha value is -1.07. The summed E-state index contributed by atoms with van der Waals surface area (Å²) in [7, 11) is 0. The van der Waals surface area contributed by atoms with Crippen molar-refractivity contribution < 1.29 is 22.8 Å². The number of hydrogen-bond donors (Lipinski definition) is 0. The van der Waals surface area contributed by atoms with Crippen molar-refractivity contribution >= 4 is 11.7 Å². The summed E-state index contributed by atoms with van der Waals surface area (Å²) in [4.78, 5) is 22.8. The monoisotopic (exact) mass is 223 g/mol. The molecule has 1 aliphatic heterocycles. The summed E-state index contributed by atoms with van der Waals surface area (Å²) >= 11 is 0. The van der Waals surface area contributed by atoms with Crippen LogP contribution in [0.3, 0.4) is 0 Å². The number of halogens is 3. The van der Waals surface area contributed by atoms with Gasteiger partial charge in [-0.3, -0.25) is 9.59 Å². The zero-order valence-electron chi connectivity index (χ0n) is 8.30. The highest BCUT2D eigenvalue weighted by Crippen LogP contribution is 2.23. The van der Waals surface area contributed by atoms with E-state index in [9.17, 15) is 22.8 Å². The number of hydrogen-bond acceptors (Lipinski definition) is 2. The Bertz CT molecular complexity index is 275. The fourth-order valence-corrected chi connectivity index (χ4v) is 1.63. The number of Topliss-reactive ketones (excluding diaryl/α,β-unsaturated/α-hetero) is 1. The number of alkyl halides is 3. The molecular weight excluding hydrogens is 211 g/mol. The second-order valence-electron chi connectivity index (χ2n) is 3.57. The molecule has 0 radical (unpaired) electrons. The van der Waals surface area contributed by atoms with E-state index in [0.717, 1.165) is 4.90 Å². The highest BCUT2D eigenvalue weighted by Gasteiger charge is 2.44. The van der Waals surface area contributed by atoms with Gasteiger partial charge in [0, 0.05) is 25.4 Å². The van der Waals surface area contributed by atoms with Crippen LogP contribution in [0.4, 0.5) is 13.2 Å². The number of rotatable bonds is 1. The van der Waals surface area contributed by atoms with Crippen LogP contribution >= 0.6 is 0 Å². The molecule has 1 heterocycles. The summed E-state index contributed by atoms with van der Waals surface area (Å²) in [6, 6.07) is 0. The average Bonchev–Trinajstić information content (AvgIpc) is 2.16. The van der Waals surface area contributed by atoms with Gasteiger partial charge in [0.2, 0.25) is 0 Å². The van der Waals surface area contributed by atoms with E-state index >= 15 is 0 Å². The number of nitrogens with zero attached hydrogens (tertiary/aromatic N) is 1. The van der Waals surface area contributed by atoms with Crippen molar-refractivity contribution in [1.82, 2.24) is 4.90 Å². The summed E-state index contributed by atoms with van der Waals surface area (Å²) in [5.41, 5.74) is 0. The van der Waals surface area contributed by atoms with E-state index < -0.39 is 18.0 Å². The van der Waals surface area contributed by atoms with Gasteiger partial charge < -0.3 is 4.90 Å². The van der Waals surface area contributed by atoms with Crippen molar-refractivity contribution in [3.63, 3.8) is 0 Å². The lowest BCUT2D eigenvalue weighted by Crippen LogP contribution is -2.48. The predicted octanol–water partition coefficient (Wildman–Crippen LogP) is 1.38. The molecule has 0 spiro atoms. The van der Waals surface area contributed by atoms with Gasteiger partial charge in [0.25, 0.3) is 0 Å². The first kappa shape index (κ1) is 12.0. The standard InChI is InChI=1S/C9H12F3NO2/c1-2-6-5-13(4-3-7(6)14)8(15)9(10,11)12/h6H,2-5H2,1H3. The molecule has 0 aromatic heterocycles. The first-order valence-electron chi connectivity index (χ1n) is 4.75. The maximum Gasteiger partial charge on any atom is 0.471 e. The van der Waals surface area contributed by atoms with Crippen molar-refractivity contribution in [2.45, 2.75) is 25.9 Å². The molecule has 86 valence electrons. The molecule has 0 saturated carbocycles. The summed E-state index contributed by atoms with van der Waals surface area (Å²) in [6.07, 6.45) is -4.33. The number of ketones is 1. The van der Waals surface area contributed by atoms with Crippen LogP contribution in [-0.4, -0.2) is 35.9 Å². The molecule has 1 amide bonds. The molecular formula is C9H12F3NO2. The molecule has 1 fully saturated rings. The van der Waals surface area contributed by atoms with Crippen LogP contribution < -0.4 is 0 Å². The first-order chi connectivity index (χ1) is 6.86. The Labute approximate surface area is 85.2 Å². The van der Waals surface area contributed by atoms with Crippen LogP contribution in [0.5, 0.6) is 0 Å². The lowest BCUT2D eigenvalue weighted by Gasteiger charge is -2.31. The number of piperidine rings is 1. The lowest BCUT2D eigenvalue weighted by molar-refractivity contribution is -0.187. The fourth-order valence-electron chi connectivity index (χ4n) is 1.63. The Morgan fingerprint density at radius 2 is 2.13 bits per heavy atom. The molecule has 1 atom stereocenters. The lowest BCUT2D eigenvalue weighted by atomic mass is 9.94. The quantitative estimate of drug-likeness (QED) is 0.673. The molecule has 0 aromatic rings. The fraction of sp³-hybridized carbons (Fsp3) is 0.778. The molecule has 1 unspecified atom stereocenters. The third-order valence-electron chi connectivity index (χ3n) is 2.55. The number of amides is 1. The summed E-state index contributed by atoms with van der Waals surface area (Å²) in [5, 5.41) is 0. The van der Waals surface area contributed by atoms with Gasteiger partial charge in [-0.1, -0.05) is 6.92 Å². The van der Waals surface area contributed by atoms with Crippen molar-refractivity contribution in [3.05, 3.63) is 0 Å². The Kier molecular flexibility index (Phi) is 3.36. The molecule has 1 rings (SSSR count). The van der Waals surface area contributed by atoms with E-state index in [1.165, 1.54) is 0 Å². The maximum absolute atomic E-state index is 12.1. The zero-order valence-corrected chi connectivity index (χ0v) is 8.30. The normalized spacial score (nSPS) is 23.1. The van der Waals surface area contributed by atoms with Gasteiger partial charge in [0.15, 0.2) is 0 Å². The van der Waals surface area contributed by atoms with Crippen LogP contribution in [0, 0.1) is 5.92 Å². The molecule has 0 bridgehead atoms. The molecule has 1 aliphatic rings. The second kappa shape index (κ2) is 4.20. The maximum atomic E-state index is 12.1. The predicted molar refractivity (Wildman–Crippen MR) is 46.0 cm³/mol. The van der Waals surface area contributed by atoms with E-state index in [1.54, 1.807) is 6.92 Å². The van der Waals surface area contributed by atoms with Crippen LogP contribution in [0.25, 0.3) is 0 Å². The zero-order chi connectivity index (χ0) is 11.6. The summed E-state index contributed by atoms with van der Waals surface area (Å²) in [5.74, 6) is -2.33. The minimum atomic E-state index is -4.83. The summed E-state index contributed by atoms with van der Waals surface area (Å²) in [6.45, 7) is 1.51. The second-order valence-corrected chi connectivity index (χ2v) is 3.57. The molecule has 6 heteroatoms. The van der Waals surface area contributed by atoms with Gasteiger partial charge >= 0.3 is 12.1 Å². The molecule has 0 aliphatic carbocycles. The molecule has 0 aromatic carbocycles. The van der Waals surface area contributed by atoms with Gasteiger partial charge in [-0.25, -0.2) is 0 Å². The van der Waals surface area contributed by atoms with Gasteiger partial charge in [0.05, 0.1) is 0 Å². The number of likely N-dealkylation sites (tertiary alicyclic amines) is 1. The Morgan fingerprint density at radius 3 is 2.60 bits per heavy atom. The highest BCUT2D eigenvalue weighted by molar-refractivity contribution is 5.87. The van der Waals surface area contributed by atoms with Crippen LogP contribution in [0.1, 0.15) is 19.8 Å². The average molecular weight is 223 g/mol. The minimum absolute atomic E-state index is 0.0281. The third-order valence-corrected chi connectivity index (χ3v) is 2.55. The van der Waals surface area contributed by atoms with Gasteiger partial charge in [0.1, 0.15) is 5.78 Å². The van der Waals surface area contributed by atoms with Crippen molar-refractivity contribution in [1.29, 1.82) is 0 Å². The third kappa shape index (κ3) is 2.70. The van der Waals surface area contributed by atoms with E-state index in [-0.39, 0.29) is 25.3 Å². The number of carbonyl (C=O) groups is 2. The molecule has 3 nitrogen and oxygen atoms in total. The molecule has 1 saturated heterocycles. The van der Waals surface area contributed by atoms with Crippen LogP contribution in [0.2, 0.25) is 0 Å². The topological polar surface area (TPSA) is 37.4 Å². The van der Waals surface area contributed by atoms with Gasteiger partial charge in [-0.2, -0.15) is 13.2 Å². The Morgan fingerprint density at radius 1 is 1.53 bits per heavy atom. The van der Waals surface area contributed by atoms with Crippen molar-refractivity contribution in [2.75, 3.05) is 13.1 Å². The first-order valence-corrected chi connectivity index (χ1v) is 4.75. The smallest absolute Gasteiger partial charge is 0.334 e. The summed E-state index contributed by atoms with van der Waals surface area (Å²) < 4.78 is 36.3. The number of carbonyl (C=O) groups excluding carboxylic acids is 2. The van der Waals surface area contributed by atoms with Gasteiger partial charge in [-0.15, -0.1) is 0 Å². The SMILES string of the molecule is CCC1CN(C(=O)C(F)(F)F)CCC1=O. The van der Waals surface area contributed by atoms with Crippen LogP contribution in [-0.2, 0) is 9.59 Å². The largest absolute Gasteiger partial charge is 0.471 e. The molecule has 0 N–H and O–H groups in total. The van der Waals surface area contributed by atoms with E-state index in [0.29, 0.717) is 6.42 Å². The Balaban J connectivity index is 2.67. The highest BCUT2D eigenvalue weighted by atomic mass is 19.4. The molecule has 15 heavy (non-hydrogen) atoms. The van der Waals surface area contributed by atoms with Crippen LogP contribution in [0.15, 0.2) is 0 Å². The van der Waals surface area contributed by atoms with Gasteiger partial charge in [-0.05, 0) is 6.42 Å². The van der Waals surface area contributed by atoms with E-state index in [1.807, 2.05) is 0 Å².